The van der Waals surface area contributed by atoms with Crippen LogP contribution in [-0.2, 0) is 6.54 Å². The lowest BCUT2D eigenvalue weighted by molar-refractivity contribution is 0.0934. The minimum Gasteiger partial charge on any atom is -0.351 e. The second-order valence-electron chi connectivity index (χ2n) is 6.61. The minimum atomic E-state index is 0.0507. The first-order valence-electron chi connectivity index (χ1n) is 8.90. The Labute approximate surface area is 161 Å². The number of aromatic nitrogens is 2. The highest BCUT2D eigenvalue weighted by Gasteiger charge is 2.22. The van der Waals surface area contributed by atoms with Crippen LogP contribution in [0.5, 0.6) is 0 Å². The van der Waals surface area contributed by atoms with E-state index in [4.69, 9.17) is 0 Å². The third-order valence-electron chi connectivity index (χ3n) is 4.74. The lowest BCUT2D eigenvalue weighted by Crippen LogP contribution is -2.40. The van der Waals surface area contributed by atoms with Gasteiger partial charge in [0.05, 0.1) is 4.88 Å². The fraction of sp³-hybridized carbons (Fsp3) is 0.368. The molecular weight excluding hydrogens is 364 g/mol. The molecule has 1 fully saturated rings. The van der Waals surface area contributed by atoms with Gasteiger partial charge in [0.25, 0.3) is 5.91 Å². The molecule has 0 saturated carbocycles. The Morgan fingerprint density at radius 1 is 1.27 bits per heavy atom. The number of rotatable bonds is 6. The summed E-state index contributed by atoms with van der Waals surface area (Å²) in [6, 6.07) is 8.04. The number of piperidine rings is 1. The number of nitrogens with one attached hydrogen (secondary N) is 1. The SMILES string of the molecule is O=C(NCC1CCCN(Cc2cccn2-c2nccs2)C1)c1cccs1. The molecule has 1 amide bonds. The first kappa shape index (κ1) is 17.5. The van der Waals surface area contributed by atoms with E-state index >= 15 is 0 Å². The molecule has 0 bridgehead atoms. The van der Waals surface area contributed by atoms with Crippen molar-refractivity contribution in [3.8, 4) is 5.13 Å². The lowest BCUT2D eigenvalue weighted by atomic mass is 9.98. The number of hydrogen-bond donors (Lipinski definition) is 1. The van der Waals surface area contributed by atoms with Crippen molar-refractivity contribution in [1.82, 2.24) is 19.8 Å². The Bertz CT molecular complexity index is 826. The predicted molar refractivity (Wildman–Crippen MR) is 106 cm³/mol. The van der Waals surface area contributed by atoms with Gasteiger partial charge in [0, 0.05) is 43.1 Å². The van der Waals surface area contributed by atoms with Crippen molar-refractivity contribution in [3.63, 3.8) is 0 Å². The average Bonchev–Trinajstić information content (AvgIpc) is 3.41. The van der Waals surface area contributed by atoms with E-state index in [9.17, 15) is 4.79 Å². The van der Waals surface area contributed by atoms with Crippen LogP contribution in [0.15, 0.2) is 47.4 Å². The maximum absolute atomic E-state index is 12.1. The third-order valence-corrected chi connectivity index (χ3v) is 6.38. The molecule has 26 heavy (non-hydrogen) atoms. The molecule has 3 aromatic heterocycles. The lowest BCUT2D eigenvalue weighted by Gasteiger charge is -2.32. The Balaban J connectivity index is 1.33. The Morgan fingerprint density at radius 3 is 3.04 bits per heavy atom. The summed E-state index contributed by atoms with van der Waals surface area (Å²) in [7, 11) is 0. The smallest absolute Gasteiger partial charge is 0.261 e. The van der Waals surface area contributed by atoms with Crippen molar-refractivity contribution < 1.29 is 4.79 Å². The van der Waals surface area contributed by atoms with E-state index in [1.165, 1.54) is 29.9 Å². The van der Waals surface area contributed by atoms with Gasteiger partial charge in [-0.1, -0.05) is 6.07 Å². The van der Waals surface area contributed by atoms with Gasteiger partial charge in [-0.2, -0.15) is 0 Å². The van der Waals surface area contributed by atoms with Crippen LogP contribution in [0.2, 0.25) is 0 Å². The summed E-state index contributed by atoms with van der Waals surface area (Å²) in [5, 5.41) is 8.06. The van der Waals surface area contributed by atoms with Crippen LogP contribution >= 0.6 is 22.7 Å². The van der Waals surface area contributed by atoms with Crippen molar-refractivity contribution in [2.75, 3.05) is 19.6 Å². The van der Waals surface area contributed by atoms with Gasteiger partial charge in [-0.05, 0) is 48.9 Å². The molecule has 136 valence electrons. The normalized spacial score (nSPS) is 18.1. The molecule has 0 spiro atoms. The molecule has 0 radical (unpaired) electrons. The van der Waals surface area contributed by atoms with Crippen LogP contribution in [0.1, 0.15) is 28.2 Å². The summed E-state index contributed by atoms with van der Waals surface area (Å²) in [6.45, 7) is 3.80. The Morgan fingerprint density at radius 2 is 2.23 bits per heavy atom. The van der Waals surface area contributed by atoms with E-state index in [0.717, 1.165) is 36.2 Å². The van der Waals surface area contributed by atoms with Crippen molar-refractivity contribution >= 4 is 28.6 Å². The highest BCUT2D eigenvalue weighted by Crippen LogP contribution is 2.21. The van der Waals surface area contributed by atoms with Crippen molar-refractivity contribution in [1.29, 1.82) is 0 Å². The van der Waals surface area contributed by atoms with Crippen molar-refractivity contribution in [2.24, 2.45) is 5.92 Å². The van der Waals surface area contributed by atoms with Crippen molar-refractivity contribution in [2.45, 2.75) is 19.4 Å². The molecule has 1 aliphatic rings. The molecule has 1 saturated heterocycles. The molecule has 5 nitrogen and oxygen atoms in total. The standard InChI is InChI=1S/C19H22N4OS2/c24-18(17-6-3-10-25-17)21-12-15-4-1-8-22(13-15)14-16-5-2-9-23(16)19-20-7-11-26-19/h2-3,5-7,9-11,15H,1,4,8,12-14H2,(H,21,24). The summed E-state index contributed by atoms with van der Waals surface area (Å²) in [5.41, 5.74) is 1.27. The zero-order chi connectivity index (χ0) is 17.8. The largest absolute Gasteiger partial charge is 0.351 e. The van der Waals surface area contributed by atoms with E-state index < -0.39 is 0 Å². The molecule has 1 aliphatic heterocycles. The monoisotopic (exact) mass is 386 g/mol. The number of carbonyl (C=O) groups excluding carboxylic acids is 1. The van der Waals surface area contributed by atoms with Crippen LogP contribution in [-0.4, -0.2) is 40.0 Å². The molecule has 1 atom stereocenters. The van der Waals surface area contributed by atoms with Crippen LogP contribution in [0.3, 0.4) is 0 Å². The van der Waals surface area contributed by atoms with Crippen LogP contribution in [0.25, 0.3) is 5.13 Å². The van der Waals surface area contributed by atoms with Gasteiger partial charge in [-0.25, -0.2) is 4.98 Å². The summed E-state index contributed by atoms with van der Waals surface area (Å²) >= 11 is 3.15. The maximum Gasteiger partial charge on any atom is 0.261 e. The minimum absolute atomic E-state index is 0.0507. The molecule has 1 unspecified atom stereocenters. The second kappa shape index (κ2) is 8.16. The first-order valence-corrected chi connectivity index (χ1v) is 10.7. The van der Waals surface area contributed by atoms with E-state index in [1.807, 2.05) is 29.1 Å². The molecule has 0 aliphatic carbocycles. The molecule has 4 heterocycles. The van der Waals surface area contributed by atoms with Crippen LogP contribution in [0.4, 0.5) is 0 Å². The van der Waals surface area contributed by atoms with Crippen LogP contribution in [0, 0.1) is 5.92 Å². The zero-order valence-corrected chi connectivity index (χ0v) is 16.1. The summed E-state index contributed by atoms with van der Waals surface area (Å²) < 4.78 is 2.17. The molecule has 0 aromatic carbocycles. The van der Waals surface area contributed by atoms with E-state index in [2.05, 4.69) is 38.1 Å². The van der Waals surface area contributed by atoms with Gasteiger partial charge in [0.15, 0.2) is 5.13 Å². The van der Waals surface area contributed by atoms with Gasteiger partial charge in [-0.3, -0.25) is 14.3 Å². The Kier molecular flexibility index (Phi) is 5.48. The van der Waals surface area contributed by atoms with E-state index in [0.29, 0.717) is 5.92 Å². The molecule has 3 aromatic rings. The number of hydrogen-bond acceptors (Lipinski definition) is 5. The van der Waals surface area contributed by atoms with Gasteiger partial charge in [0.1, 0.15) is 0 Å². The van der Waals surface area contributed by atoms with Crippen LogP contribution < -0.4 is 5.32 Å². The molecule has 7 heteroatoms. The summed E-state index contributed by atoms with van der Waals surface area (Å²) in [6.07, 6.45) is 6.28. The topological polar surface area (TPSA) is 50.2 Å². The third kappa shape index (κ3) is 4.06. The number of likely N-dealkylation sites (tertiary alicyclic amines) is 1. The number of nitrogens with zero attached hydrogens (tertiary/aromatic N) is 3. The molecule has 4 rings (SSSR count). The summed E-state index contributed by atoms with van der Waals surface area (Å²) in [5.74, 6) is 0.561. The highest BCUT2D eigenvalue weighted by atomic mass is 32.1. The quantitative estimate of drug-likeness (QED) is 0.704. The highest BCUT2D eigenvalue weighted by molar-refractivity contribution is 7.12. The average molecular weight is 387 g/mol. The van der Waals surface area contributed by atoms with Crippen molar-refractivity contribution in [3.05, 3.63) is 58.0 Å². The zero-order valence-electron chi connectivity index (χ0n) is 14.5. The first-order chi connectivity index (χ1) is 12.8. The maximum atomic E-state index is 12.1. The van der Waals surface area contributed by atoms with Gasteiger partial charge < -0.3 is 5.32 Å². The fourth-order valence-electron chi connectivity index (χ4n) is 3.49. The van der Waals surface area contributed by atoms with Gasteiger partial charge in [0.2, 0.25) is 0 Å². The Hall–Kier alpha value is -1.96. The number of carbonyl (C=O) groups is 1. The van der Waals surface area contributed by atoms with E-state index in [1.54, 1.807) is 11.3 Å². The number of amides is 1. The van der Waals surface area contributed by atoms with Gasteiger partial charge in [-0.15, -0.1) is 22.7 Å². The van der Waals surface area contributed by atoms with Gasteiger partial charge >= 0.3 is 0 Å². The summed E-state index contributed by atoms with van der Waals surface area (Å²) in [4.78, 5) is 19.8. The second-order valence-corrected chi connectivity index (χ2v) is 8.44. The molecular formula is C19H22N4OS2. The number of thiazole rings is 1. The number of thiophene rings is 1. The predicted octanol–water partition coefficient (Wildman–Crippen LogP) is 3.64. The molecule has 1 N–H and O–H groups in total. The fourth-order valence-corrected chi connectivity index (χ4v) is 4.79. The van der Waals surface area contributed by atoms with E-state index in [-0.39, 0.29) is 5.91 Å².